The lowest BCUT2D eigenvalue weighted by Crippen LogP contribution is -2.17. The topological polar surface area (TPSA) is 50.4 Å². The zero-order valence-corrected chi connectivity index (χ0v) is 11.8. The lowest BCUT2D eigenvalue weighted by atomic mass is 9.82. The molecule has 3 rings (SSSR count). The van der Waals surface area contributed by atoms with Crippen LogP contribution in [-0.4, -0.2) is 26.1 Å². The van der Waals surface area contributed by atoms with Crippen molar-refractivity contribution in [1.82, 2.24) is 14.4 Å². The smallest absolute Gasteiger partial charge is 0.154 e. The maximum Gasteiger partial charge on any atom is 0.154 e. The standard InChI is InChI=1S/C14H18ClN3O/c1-9-12-13(15)16-6-7-18(12)14(17-9)11-4-2-10(8-19)3-5-11/h6-7,10-11,19H,2-5,8H2,1H3. The zero-order valence-electron chi connectivity index (χ0n) is 11.0. The van der Waals surface area contributed by atoms with Gasteiger partial charge in [-0.15, -0.1) is 0 Å². The molecule has 0 unspecified atom stereocenters. The van der Waals surface area contributed by atoms with Crippen LogP contribution in [0.5, 0.6) is 0 Å². The van der Waals surface area contributed by atoms with E-state index in [1.165, 1.54) is 0 Å². The molecule has 0 spiro atoms. The molecule has 4 nitrogen and oxygen atoms in total. The average Bonchev–Trinajstić information content (AvgIpc) is 2.78. The van der Waals surface area contributed by atoms with Gasteiger partial charge in [-0.3, -0.25) is 4.40 Å². The number of nitrogens with zero attached hydrogens (tertiary/aromatic N) is 3. The second-order valence-electron chi connectivity index (χ2n) is 5.39. The molecule has 1 aliphatic carbocycles. The first-order valence-electron chi connectivity index (χ1n) is 6.80. The number of fused-ring (bicyclic) bond motifs is 1. The van der Waals surface area contributed by atoms with Crippen LogP contribution in [0.2, 0.25) is 5.15 Å². The number of aromatic nitrogens is 3. The predicted octanol–water partition coefficient (Wildman–Crippen LogP) is 2.96. The van der Waals surface area contributed by atoms with E-state index >= 15 is 0 Å². The van der Waals surface area contributed by atoms with Gasteiger partial charge in [-0.2, -0.15) is 0 Å². The molecule has 0 saturated heterocycles. The van der Waals surface area contributed by atoms with Crippen LogP contribution in [-0.2, 0) is 0 Å². The van der Waals surface area contributed by atoms with Crippen LogP contribution in [0, 0.1) is 12.8 Å². The van der Waals surface area contributed by atoms with Gasteiger partial charge in [0.1, 0.15) is 11.3 Å². The molecule has 1 aliphatic rings. The number of imidazole rings is 1. The summed E-state index contributed by atoms with van der Waals surface area (Å²) in [6.07, 6.45) is 7.99. The Hall–Kier alpha value is -1.13. The first kappa shape index (κ1) is 12.9. The SMILES string of the molecule is Cc1nc(C2CCC(CO)CC2)n2ccnc(Cl)c12. The minimum absolute atomic E-state index is 0.309. The predicted molar refractivity (Wildman–Crippen MR) is 74.5 cm³/mol. The number of aliphatic hydroxyl groups is 1. The molecule has 0 amide bonds. The molecule has 102 valence electrons. The van der Waals surface area contributed by atoms with Gasteiger partial charge in [-0.05, 0) is 38.5 Å². The fourth-order valence-corrected chi connectivity index (χ4v) is 3.37. The fourth-order valence-electron chi connectivity index (χ4n) is 3.08. The number of rotatable bonds is 2. The molecule has 5 heteroatoms. The van der Waals surface area contributed by atoms with Crippen molar-refractivity contribution in [2.45, 2.75) is 38.5 Å². The van der Waals surface area contributed by atoms with Crippen LogP contribution >= 0.6 is 11.6 Å². The van der Waals surface area contributed by atoms with Gasteiger partial charge in [0, 0.05) is 24.9 Å². The molecule has 19 heavy (non-hydrogen) atoms. The maximum atomic E-state index is 9.21. The molecule has 0 aliphatic heterocycles. The molecular formula is C14H18ClN3O. The highest BCUT2D eigenvalue weighted by Crippen LogP contribution is 2.36. The van der Waals surface area contributed by atoms with Crippen molar-refractivity contribution in [2.75, 3.05) is 6.61 Å². The van der Waals surface area contributed by atoms with E-state index in [9.17, 15) is 5.11 Å². The van der Waals surface area contributed by atoms with Crippen molar-refractivity contribution >= 4 is 17.1 Å². The van der Waals surface area contributed by atoms with E-state index in [0.29, 0.717) is 23.6 Å². The van der Waals surface area contributed by atoms with Gasteiger partial charge in [0.15, 0.2) is 5.15 Å². The van der Waals surface area contributed by atoms with Crippen molar-refractivity contribution in [2.24, 2.45) is 5.92 Å². The molecule has 0 bridgehead atoms. The first-order valence-corrected chi connectivity index (χ1v) is 7.18. The molecule has 0 aromatic carbocycles. The molecule has 1 N–H and O–H groups in total. The van der Waals surface area contributed by atoms with Crippen molar-refractivity contribution in [3.8, 4) is 0 Å². The highest BCUT2D eigenvalue weighted by atomic mass is 35.5. The number of aryl methyl sites for hydroxylation is 1. The molecule has 2 heterocycles. The van der Waals surface area contributed by atoms with E-state index in [-0.39, 0.29) is 0 Å². The Morgan fingerprint density at radius 1 is 1.37 bits per heavy atom. The molecule has 0 radical (unpaired) electrons. The van der Waals surface area contributed by atoms with E-state index in [2.05, 4.69) is 9.38 Å². The lowest BCUT2D eigenvalue weighted by molar-refractivity contribution is 0.181. The molecule has 0 atom stereocenters. The Balaban J connectivity index is 1.96. The summed E-state index contributed by atoms with van der Waals surface area (Å²) in [7, 11) is 0. The Morgan fingerprint density at radius 3 is 2.79 bits per heavy atom. The Bertz CT molecular complexity index is 588. The van der Waals surface area contributed by atoms with Gasteiger partial charge in [0.25, 0.3) is 0 Å². The summed E-state index contributed by atoms with van der Waals surface area (Å²) in [5.41, 5.74) is 1.86. The highest BCUT2D eigenvalue weighted by molar-refractivity contribution is 6.32. The summed E-state index contributed by atoms with van der Waals surface area (Å²) in [6, 6.07) is 0. The summed E-state index contributed by atoms with van der Waals surface area (Å²) in [5.74, 6) is 2.02. The van der Waals surface area contributed by atoms with Gasteiger partial charge < -0.3 is 5.11 Å². The van der Waals surface area contributed by atoms with E-state index in [1.807, 2.05) is 13.1 Å². The number of aliphatic hydroxyl groups excluding tert-OH is 1. The largest absolute Gasteiger partial charge is 0.396 e. The Labute approximate surface area is 117 Å². The third-order valence-electron chi connectivity index (χ3n) is 4.18. The summed E-state index contributed by atoms with van der Waals surface area (Å²) < 4.78 is 2.08. The minimum Gasteiger partial charge on any atom is -0.396 e. The first-order chi connectivity index (χ1) is 9.20. The van der Waals surface area contributed by atoms with Crippen LogP contribution in [0.25, 0.3) is 5.52 Å². The lowest BCUT2D eigenvalue weighted by Gasteiger charge is -2.26. The van der Waals surface area contributed by atoms with Gasteiger partial charge in [0.05, 0.1) is 5.69 Å². The molecule has 2 aromatic heterocycles. The summed E-state index contributed by atoms with van der Waals surface area (Å²) >= 11 is 6.16. The number of hydrogen-bond acceptors (Lipinski definition) is 3. The van der Waals surface area contributed by atoms with Crippen LogP contribution in [0.1, 0.15) is 43.1 Å². The molecule has 1 fully saturated rings. The quantitative estimate of drug-likeness (QED) is 0.919. The summed E-state index contributed by atoms with van der Waals surface area (Å²) in [4.78, 5) is 8.82. The van der Waals surface area contributed by atoms with E-state index in [4.69, 9.17) is 16.6 Å². The van der Waals surface area contributed by atoms with Gasteiger partial charge in [-0.1, -0.05) is 11.6 Å². The second kappa shape index (κ2) is 5.10. The normalized spacial score (nSPS) is 23.9. The maximum absolute atomic E-state index is 9.21. The Kier molecular flexibility index (Phi) is 3.46. The van der Waals surface area contributed by atoms with Gasteiger partial charge >= 0.3 is 0 Å². The van der Waals surface area contributed by atoms with E-state index < -0.39 is 0 Å². The van der Waals surface area contributed by atoms with Crippen molar-refractivity contribution < 1.29 is 5.11 Å². The van der Waals surface area contributed by atoms with Gasteiger partial charge in [-0.25, -0.2) is 9.97 Å². The number of hydrogen-bond donors (Lipinski definition) is 1. The number of halogens is 1. The third-order valence-corrected chi connectivity index (χ3v) is 4.46. The molecule has 1 saturated carbocycles. The highest BCUT2D eigenvalue weighted by Gasteiger charge is 2.26. The second-order valence-corrected chi connectivity index (χ2v) is 5.75. The summed E-state index contributed by atoms with van der Waals surface area (Å²) in [5, 5.41) is 9.73. The van der Waals surface area contributed by atoms with Crippen LogP contribution in [0.15, 0.2) is 12.4 Å². The van der Waals surface area contributed by atoms with Crippen LogP contribution in [0.4, 0.5) is 0 Å². The van der Waals surface area contributed by atoms with Crippen LogP contribution in [0.3, 0.4) is 0 Å². The van der Waals surface area contributed by atoms with Crippen molar-refractivity contribution in [1.29, 1.82) is 0 Å². The zero-order chi connectivity index (χ0) is 13.4. The molecular weight excluding hydrogens is 262 g/mol. The Morgan fingerprint density at radius 2 is 2.11 bits per heavy atom. The molecule has 2 aromatic rings. The van der Waals surface area contributed by atoms with Gasteiger partial charge in [0.2, 0.25) is 0 Å². The third kappa shape index (κ3) is 2.23. The van der Waals surface area contributed by atoms with Crippen molar-refractivity contribution in [3.63, 3.8) is 0 Å². The average molecular weight is 280 g/mol. The van der Waals surface area contributed by atoms with E-state index in [0.717, 1.165) is 42.7 Å². The van der Waals surface area contributed by atoms with Crippen molar-refractivity contribution in [3.05, 3.63) is 29.1 Å². The minimum atomic E-state index is 0.309. The monoisotopic (exact) mass is 279 g/mol. The van der Waals surface area contributed by atoms with E-state index in [1.54, 1.807) is 6.20 Å². The summed E-state index contributed by atoms with van der Waals surface area (Å²) in [6.45, 7) is 2.29. The fraction of sp³-hybridized carbons (Fsp3) is 0.571. The van der Waals surface area contributed by atoms with Crippen LogP contribution < -0.4 is 0 Å².